The number of anilines is 2. The van der Waals surface area contributed by atoms with Crippen LogP contribution in [0.25, 0.3) is 0 Å². The van der Waals surface area contributed by atoms with Gasteiger partial charge in [0.1, 0.15) is 6.04 Å². The summed E-state index contributed by atoms with van der Waals surface area (Å²) in [6, 6.07) is 15.3. The SMILES string of the molecule is CC(=O)Nc1cccc(NC(=O)CC2N=C(NN=Cc3ccccc3)NC2=O)c1. The second kappa shape index (κ2) is 9.27. The first-order valence-corrected chi connectivity index (χ1v) is 8.90. The molecule has 0 radical (unpaired) electrons. The van der Waals surface area contributed by atoms with Crippen LogP contribution in [-0.4, -0.2) is 35.9 Å². The van der Waals surface area contributed by atoms with E-state index < -0.39 is 6.04 Å². The third-order valence-corrected chi connectivity index (χ3v) is 3.86. The number of hydrogen-bond acceptors (Lipinski definition) is 6. The van der Waals surface area contributed by atoms with Gasteiger partial charge in [0, 0.05) is 18.3 Å². The van der Waals surface area contributed by atoms with Gasteiger partial charge >= 0.3 is 0 Å². The number of rotatable bonds is 6. The molecule has 2 aromatic carbocycles. The van der Waals surface area contributed by atoms with Gasteiger partial charge < -0.3 is 10.6 Å². The van der Waals surface area contributed by atoms with Gasteiger partial charge in [-0.1, -0.05) is 36.4 Å². The first kappa shape index (κ1) is 19.7. The molecule has 0 fully saturated rings. The fourth-order valence-corrected chi connectivity index (χ4v) is 2.61. The van der Waals surface area contributed by atoms with Crippen LogP contribution < -0.4 is 21.4 Å². The van der Waals surface area contributed by atoms with Crippen LogP contribution in [0.2, 0.25) is 0 Å². The number of amides is 3. The molecule has 1 aliphatic heterocycles. The number of carbonyl (C=O) groups excluding carboxylic acids is 3. The number of benzene rings is 2. The van der Waals surface area contributed by atoms with Gasteiger partial charge in [0.15, 0.2) is 0 Å². The number of nitrogens with zero attached hydrogens (tertiary/aromatic N) is 2. The number of aliphatic imine (C=N–C) groups is 1. The van der Waals surface area contributed by atoms with E-state index in [2.05, 4.69) is 31.5 Å². The first-order chi connectivity index (χ1) is 14.0. The van der Waals surface area contributed by atoms with Crippen LogP contribution in [0.3, 0.4) is 0 Å². The highest BCUT2D eigenvalue weighted by atomic mass is 16.2. The molecule has 1 aliphatic rings. The van der Waals surface area contributed by atoms with E-state index in [4.69, 9.17) is 0 Å². The lowest BCUT2D eigenvalue weighted by atomic mass is 10.2. The molecule has 148 valence electrons. The number of hydrogen-bond donors (Lipinski definition) is 4. The van der Waals surface area contributed by atoms with Crippen molar-refractivity contribution in [2.75, 3.05) is 10.6 Å². The van der Waals surface area contributed by atoms with Gasteiger partial charge in [-0.25, -0.2) is 10.4 Å². The normalized spacial score (nSPS) is 15.6. The van der Waals surface area contributed by atoms with Crippen LogP contribution in [0, 0.1) is 0 Å². The Labute approximate surface area is 167 Å². The Bertz CT molecular complexity index is 971. The van der Waals surface area contributed by atoms with Gasteiger partial charge in [-0.05, 0) is 23.8 Å². The number of nitrogens with one attached hydrogen (secondary N) is 4. The van der Waals surface area contributed by atoms with Crippen molar-refractivity contribution in [3.8, 4) is 0 Å². The van der Waals surface area contributed by atoms with Gasteiger partial charge in [0.2, 0.25) is 17.8 Å². The molecular formula is C20H20N6O3. The average Bonchev–Trinajstić information content (AvgIpc) is 3.01. The second-order valence-corrected chi connectivity index (χ2v) is 6.28. The maximum atomic E-state index is 12.3. The summed E-state index contributed by atoms with van der Waals surface area (Å²) in [5, 5.41) is 11.9. The highest BCUT2D eigenvalue weighted by molar-refractivity contribution is 6.07. The quantitative estimate of drug-likeness (QED) is 0.439. The topological polar surface area (TPSA) is 124 Å². The Morgan fingerprint density at radius 2 is 1.83 bits per heavy atom. The van der Waals surface area contributed by atoms with E-state index in [9.17, 15) is 14.4 Å². The summed E-state index contributed by atoms with van der Waals surface area (Å²) in [5.41, 5.74) is 4.62. The monoisotopic (exact) mass is 392 g/mol. The predicted octanol–water partition coefficient (Wildman–Crippen LogP) is 1.45. The summed E-state index contributed by atoms with van der Waals surface area (Å²) >= 11 is 0. The lowest BCUT2D eigenvalue weighted by molar-refractivity contribution is -0.123. The molecular weight excluding hydrogens is 372 g/mol. The summed E-state index contributed by atoms with van der Waals surface area (Å²) in [4.78, 5) is 39.6. The van der Waals surface area contributed by atoms with E-state index in [1.54, 1.807) is 30.5 Å². The van der Waals surface area contributed by atoms with Gasteiger partial charge in [-0.3, -0.25) is 19.7 Å². The van der Waals surface area contributed by atoms with E-state index in [-0.39, 0.29) is 30.1 Å². The van der Waals surface area contributed by atoms with Crippen molar-refractivity contribution in [1.29, 1.82) is 0 Å². The summed E-state index contributed by atoms with van der Waals surface area (Å²) in [5.74, 6) is -0.777. The first-order valence-electron chi connectivity index (χ1n) is 8.90. The molecule has 3 rings (SSSR count). The predicted molar refractivity (Wildman–Crippen MR) is 111 cm³/mol. The summed E-state index contributed by atoms with van der Waals surface area (Å²) in [6.45, 7) is 1.40. The summed E-state index contributed by atoms with van der Waals surface area (Å²) < 4.78 is 0. The summed E-state index contributed by atoms with van der Waals surface area (Å²) in [7, 11) is 0. The lowest BCUT2D eigenvalue weighted by Gasteiger charge is -2.09. The van der Waals surface area contributed by atoms with Crippen molar-refractivity contribution in [2.24, 2.45) is 10.1 Å². The van der Waals surface area contributed by atoms with Crippen molar-refractivity contribution in [3.63, 3.8) is 0 Å². The Morgan fingerprint density at radius 1 is 1.10 bits per heavy atom. The third kappa shape index (κ3) is 5.99. The van der Waals surface area contributed by atoms with E-state index in [1.165, 1.54) is 6.92 Å². The molecule has 9 heteroatoms. The molecule has 29 heavy (non-hydrogen) atoms. The zero-order valence-electron chi connectivity index (χ0n) is 15.7. The number of carbonyl (C=O) groups is 3. The number of hydrazone groups is 1. The standard InChI is InChI=1S/C20H20N6O3/c1-13(27)22-15-8-5-9-16(10-15)23-18(28)11-17-19(29)25-20(24-17)26-21-12-14-6-3-2-4-7-14/h2-10,12,17H,11H2,1H3,(H,22,27)(H,23,28)(H2,24,25,26,29). The molecule has 0 aromatic heterocycles. The van der Waals surface area contributed by atoms with E-state index in [0.29, 0.717) is 11.4 Å². The fraction of sp³-hybridized carbons (Fsp3) is 0.150. The largest absolute Gasteiger partial charge is 0.326 e. The van der Waals surface area contributed by atoms with Crippen molar-refractivity contribution < 1.29 is 14.4 Å². The van der Waals surface area contributed by atoms with Crippen LogP contribution in [-0.2, 0) is 14.4 Å². The lowest BCUT2D eigenvalue weighted by Crippen LogP contribution is -2.35. The molecule has 1 atom stereocenters. The second-order valence-electron chi connectivity index (χ2n) is 6.28. The minimum Gasteiger partial charge on any atom is -0.326 e. The molecule has 4 N–H and O–H groups in total. The fourth-order valence-electron chi connectivity index (χ4n) is 2.61. The zero-order valence-corrected chi connectivity index (χ0v) is 15.7. The van der Waals surface area contributed by atoms with Crippen molar-refractivity contribution in [1.82, 2.24) is 10.7 Å². The Kier molecular flexibility index (Phi) is 6.31. The van der Waals surface area contributed by atoms with E-state index >= 15 is 0 Å². The van der Waals surface area contributed by atoms with E-state index in [1.807, 2.05) is 30.3 Å². The minimum atomic E-state index is -0.844. The number of guanidine groups is 1. The maximum Gasteiger partial charge on any atom is 0.252 e. The Balaban J connectivity index is 1.54. The van der Waals surface area contributed by atoms with Gasteiger partial charge in [-0.15, -0.1) is 0 Å². The van der Waals surface area contributed by atoms with Crippen LogP contribution in [0.4, 0.5) is 11.4 Å². The molecule has 9 nitrogen and oxygen atoms in total. The van der Waals surface area contributed by atoms with Crippen LogP contribution >= 0.6 is 0 Å². The highest BCUT2D eigenvalue weighted by Crippen LogP contribution is 2.16. The maximum absolute atomic E-state index is 12.3. The molecule has 0 saturated carbocycles. The van der Waals surface area contributed by atoms with Crippen LogP contribution in [0.5, 0.6) is 0 Å². The Hall–Kier alpha value is -4.01. The molecule has 0 spiro atoms. The van der Waals surface area contributed by atoms with Crippen LogP contribution in [0.1, 0.15) is 18.9 Å². The molecule has 1 unspecified atom stereocenters. The van der Waals surface area contributed by atoms with Gasteiger partial charge in [0.05, 0.1) is 12.6 Å². The average molecular weight is 392 g/mol. The minimum absolute atomic E-state index is 0.121. The van der Waals surface area contributed by atoms with Crippen molar-refractivity contribution >= 4 is 41.3 Å². The molecule has 0 bridgehead atoms. The molecule has 2 aromatic rings. The third-order valence-electron chi connectivity index (χ3n) is 3.86. The molecule has 3 amide bonds. The summed E-state index contributed by atoms with van der Waals surface area (Å²) in [6.07, 6.45) is 1.47. The zero-order chi connectivity index (χ0) is 20.6. The van der Waals surface area contributed by atoms with Gasteiger partial charge in [-0.2, -0.15) is 5.10 Å². The van der Waals surface area contributed by atoms with Gasteiger partial charge in [0.25, 0.3) is 5.91 Å². The smallest absolute Gasteiger partial charge is 0.252 e. The molecule has 0 aliphatic carbocycles. The molecule has 0 saturated heterocycles. The molecule has 1 heterocycles. The van der Waals surface area contributed by atoms with E-state index in [0.717, 1.165) is 5.56 Å². The van der Waals surface area contributed by atoms with Crippen molar-refractivity contribution in [2.45, 2.75) is 19.4 Å². The van der Waals surface area contributed by atoms with Crippen LogP contribution in [0.15, 0.2) is 64.7 Å². The highest BCUT2D eigenvalue weighted by Gasteiger charge is 2.28. The Morgan fingerprint density at radius 3 is 2.55 bits per heavy atom. The van der Waals surface area contributed by atoms with Crippen molar-refractivity contribution in [3.05, 3.63) is 60.2 Å².